The van der Waals surface area contributed by atoms with Crippen molar-refractivity contribution in [1.82, 2.24) is 20.4 Å². The van der Waals surface area contributed by atoms with Crippen molar-refractivity contribution in [3.8, 4) is 0 Å². The zero-order chi connectivity index (χ0) is 17.9. The SMILES string of the molecule is c1cc(CNCCCN2CCCC2)cc(CNCCCN2CCCC2)c1. The van der Waals surface area contributed by atoms with Crippen molar-refractivity contribution < 1.29 is 0 Å². The van der Waals surface area contributed by atoms with Gasteiger partial charge in [0.1, 0.15) is 0 Å². The van der Waals surface area contributed by atoms with Gasteiger partial charge in [-0.3, -0.25) is 0 Å². The summed E-state index contributed by atoms with van der Waals surface area (Å²) in [7, 11) is 0. The van der Waals surface area contributed by atoms with Crippen LogP contribution in [0.3, 0.4) is 0 Å². The van der Waals surface area contributed by atoms with Gasteiger partial charge in [-0.15, -0.1) is 0 Å². The molecular formula is C22H38N4. The van der Waals surface area contributed by atoms with Gasteiger partial charge in [0.05, 0.1) is 0 Å². The fraction of sp³-hybridized carbons (Fsp3) is 0.727. The molecule has 3 rings (SSSR count). The first-order chi connectivity index (χ1) is 12.9. The summed E-state index contributed by atoms with van der Waals surface area (Å²) in [5, 5.41) is 7.22. The summed E-state index contributed by atoms with van der Waals surface area (Å²) in [5.41, 5.74) is 2.81. The van der Waals surface area contributed by atoms with Crippen LogP contribution in [0.1, 0.15) is 49.7 Å². The van der Waals surface area contributed by atoms with Crippen molar-refractivity contribution in [2.75, 3.05) is 52.4 Å². The Labute approximate surface area is 160 Å². The predicted molar refractivity (Wildman–Crippen MR) is 110 cm³/mol. The van der Waals surface area contributed by atoms with Crippen LogP contribution in [0.15, 0.2) is 24.3 Å². The maximum absolute atomic E-state index is 3.61. The fourth-order valence-electron chi connectivity index (χ4n) is 4.18. The van der Waals surface area contributed by atoms with Crippen molar-refractivity contribution in [2.45, 2.75) is 51.6 Å². The number of hydrogen-bond acceptors (Lipinski definition) is 4. The fourth-order valence-corrected chi connectivity index (χ4v) is 4.18. The van der Waals surface area contributed by atoms with Gasteiger partial charge in [-0.05, 0) is 102 Å². The third kappa shape index (κ3) is 7.36. The zero-order valence-electron chi connectivity index (χ0n) is 16.5. The minimum atomic E-state index is 0.989. The highest BCUT2D eigenvalue weighted by molar-refractivity contribution is 5.23. The first-order valence-electron chi connectivity index (χ1n) is 10.8. The molecule has 26 heavy (non-hydrogen) atoms. The summed E-state index contributed by atoms with van der Waals surface area (Å²) in [4.78, 5) is 5.19. The van der Waals surface area contributed by atoms with Crippen LogP contribution in [-0.4, -0.2) is 62.2 Å². The molecule has 2 fully saturated rings. The van der Waals surface area contributed by atoms with Gasteiger partial charge in [0, 0.05) is 13.1 Å². The standard InChI is InChI=1S/C22H38N4/c1-2-13-25(12-1)16-6-10-23-19-21-8-5-9-22(18-21)20-24-11-7-17-26-14-3-4-15-26/h5,8-9,18,23-24H,1-4,6-7,10-17,19-20H2. The zero-order valence-corrected chi connectivity index (χ0v) is 16.5. The Hall–Kier alpha value is -0.940. The molecule has 0 radical (unpaired) electrons. The van der Waals surface area contributed by atoms with Crippen molar-refractivity contribution in [3.05, 3.63) is 35.4 Å². The second-order valence-electron chi connectivity index (χ2n) is 7.98. The van der Waals surface area contributed by atoms with E-state index in [0.29, 0.717) is 0 Å². The normalized spacial score (nSPS) is 18.8. The van der Waals surface area contributed by atoms with Crippen LogP contribution < -0.4 is 10.6 Å². The van der Waals surface area contributed by atoms with Crippen LogP contribution in [-0.2, 0) is 13.1 Å². The molecule has 2 saturated heterocycles. The van der Waals surface area contributed by atoms with Crippen molar-refractivity contribution in [1.29, 1.82) is 0 Å². The van der Waals surface area contributed by atoms with Gasteiger partial charge >= 0.3 is 0 Å². The van der Waals surface area contributed by atoms with Crippen LogP contribution in [0.25, 0.3) is 0 Å². The molecule has 2 heterocycles. The highest BCUT2D eigenvalue weighted by atomic mass is 15.1. The second kappa shape index (κ2) is 11.7. The number of benzene rings is 1. The average Bonchev–Trinajstić information content (AvgIpc) is 3.35. The Morgan fingerprint density at radius 2 is 1.15 bits per heavy atom. The van der Waals surface area contributed by atoms with E-state index in [2.05, 4.69) is 44.7 Å². The maximum Gasteiger partial charge on any atom is 0.0205 e. The lowest BCUT2D eigenvalue weighted by Gasteiger charge is -2.15. The molecule has 1 aromatic carbocycles. The highest BCUT2D eigenvalue weighted by Crippen LogP contribution is 2.09. The summed E-state index contributed by atoms with van der Waals surface area (Å²) in [6.07, 6.45) is 8.11. The van der Waals surface area contributed by atoms with Gasteiger partial charge in [-0.2, -0.15) is 0 Å². The molecule has 146 valence electrons. The van der Waals surface area contributed by atoms with Crippen LogP contribution in [0, 0.1) is 0 Å². The minimum absolute atomic E-state index is 0.989. The molecule has 0 bridgehead atoms. The lowest BCUT2D eigenvalue weighted by Crippen LogP contribution is -2.25. The summed E-state index contributed by atoms with van der Waals surface area (Å²) < 4.78 is 0. The molecule has 0 spiro atoms. The van der Waals surface area contributed by atoms with E-state index in [0.717, 1.165) is 26.2 Å². The van der Waals surface area contributed by atoms with Gasteiger partial charge in [0.2, 0.25) is 0 Å². The Morgan fingerprint density at radius 3 is 1.62 bits per heavy atom. The molecule has 2 N–H and O–H groups in total. The van der Waals surface area contributed by atoms with E-state index in [1.54, 1.807) is 0 Å². The Kier molecular flexibility index (Phi) is 8.92. The number of rotatable bonds is 12. The Balaban J connectivity index is 1.23. The van der Waals surface area contributed by atoms with Crippen LogP contribution >= 0.6 is 0 Å². The molecule has 4 heteroatoms. The topological polar surface area (TPSA) is 30.5 Å². The molecule has 2 aliphatic rings. The van der Waals surface area contributed by atoms with Crippen molar-refractivity contribution in [2.24, 2.45) is 0 Å². The maximum atomic E-state index is 3.61. The smallest absolute Gasteiger partial charge is 0.0205 e. The Bertz CT molecular complexity index is 451. The van der Waals surface area contributed by atoms with Gasteiger partial charge < -0.3 is 20.4 Å². The molecule has 0 amide bonds. The summed E-state index contributed by atoms with van der Waals surface area (Å²) >= 11 is 0. The first kappa shape index (κ1) is 19.8. The lowest BCUT2D eigenvalue weighted by atomic mass is 10.1. The van der Waals surface area contributed by atoms with E-state index >= 15 is 0 Å². The molecule has 4 nitrogen and oxygen atoms in total. The molecule has 0 saturated carbocycles. The second-order valence-corrected chi connectivity index (χ2v) is 7.98. The van der Waals surface area contributed by atoms with Crippen molar-refractivity contribution in [3.63, 3.8) is 0 Å². The summed E-state index contributed by atoms with van der Waals surface area (Å²) in [6.45, 7) is 12.0. The van der Waals surface area contributed by atoms with Gasteiger partial charge in [-0.25, -0.2) is 0 Å². The molecule has 0 unspecified atom stereocenters. The van der Waals surface area contributed by atoms with Gasteiger partial charge in [0.15, 0.2) is 0 Å². The van der Waals surface area contributed by atoms with E-state index in [1.807, 2.05) is 0 Å². The van der Waals surface area contributed by atoms with Gasteiger partial charge in [-0.1, -0.05) is 24.3 Å². The van der Waals surface area contributed by atoms with Crippen LogP contribution in [0.4, 0.5) is 0 Å². The summed E-state index contributed by atoms with van der Waals surface area (Å²) in [5.74, 6) is 0. The third-order valence-corrected chi connectivity index (χ3v) is 5.70. The number of nitrogens with one attached hydrogen (secondary N) is 2. The number of hydrogen-bond donors (Lipinski definition) is 2. The molecule has 0 aromatic heterocycles. The average molecular weight is 359 g/mol. The molecular weight excluding hydrogens is 320 g/mol. The van der Waals surface area contributed by atoms with E-state index in [1.165, 1.54) is 88.9 Å². The van der Waals surface area contributed by atoms with Crippen molar-refractivity contribution >= 4 is 0 Å². The Morgan fingerprint density at radius 1 is 0.692 bits per heavy atom. The van der Waals surface area contributed by atoms with E-state index in [4.69, 9.17) is 0 Å². The third-order valence-electron chi connectivity index (χ3n) is 5.70. The number of nitrogens with zero attached hydrogens (tertiary/aromatic N) is 2. The highest BCUT2D eigenvalue weighted by Gasteiger charge is 2.10. The van der Waals surface area contributed by atoms with Crippen LogP contribution in [0.5, 0.6) is 0 Å². The molecule has 2 aliphatic heterocycles. The van der Waals surface area contributed by atoms with E-state index < -0.39 is 0 Å². The largest absolute Gasteiger partial charge is 0.313 e. The molecule has 1 aromatic rings. The molecule has 0 aliphatic carbocycles. The predicted octanol–water partition coefficient (Wildman–Crippen LogP) is 2.84. The lowest BCUT2D eigenvalue weighted by molar-refractivity contribution is 0.331. The van der Waals surface area contributed by atoms with E-state index in [-0.39, 0.29) is 0 Å². The van der Waals surface area contributed by atoms with Gasteiger partial charge in [0.25, 0.3) is 0 Å². The monoisotopic (exact) mass is 358 g/mol. The minimum Gasteiger partial charge on any atom is -0.313 e. The quantitative estimate of drug-likeness (QED) is 0.563. The molecule has 0 atom stereocenters. The summed E-state index contributed by atoms with van der Waals surface area (Å²) in [6, 6.07) is 9.03. The van der Waals surface area contributed by atoms with Crippen LogP contribution in [0.2, 0.25) is 0 Å². The van der Waals surface area contributed by atoms with E-state index in [9.17, 15) is 0 Å². The first-order valence-corrected chi connectivity index (χ1v) is 10.8. The number of likely N-dealkylation sites (tertiary alicyclic amines) is 2.